The van der Waals surface area contributed by atoms with Gasteiger partial charge in [0.15, 0.2) is 0 Å². The molecule has 16 heavy (non-hydrogen) atoms. The highest BCUT2D eigenvalue weighted by Gasteiger charge is 2.29. The molecule has 2 unspecified atom stereocenters. The molecule has 1 aliphatic heterocycles. The molecule has 1 aromatic rings. The van der Waals surface area contributed by atoms with Crippen molar-refractivity contribution >= 4 is 0 Å². The quantitative estimate of drug-likeness (QED) is 0.824. The van der Waals surface area contributed by atoms with Gasteiger partial charge in [-0.05, 0) is 33.6 Å². The van der Waals surface area contributed by atoms with E-state index in [-0.39, 0.29) is 5.60 Å². The van der Waals surface area contributed by atoms with Gasteiger partial charge in [0, 0.05) is 30.5 Å². The van der Waals surface area contributed by atoms with Crippen LogP contribution in [-0.4, -0.2) is 28.4 Å². The number of H-pyrrole nitrogens is 1. The summed E-state index contributed by atoms with van der Waals surface area (Å²) in [5, 5.41) is 10.5. The third-order valence-electron chi connectivity index (χ3n) is 3.20. The second kappa shape index (κ2) is 4.55. The topological polar surface area (TPSA) is 49.9 Å². The van der Waals surface area contributed by atoms with Crippen LogP contribution in [0.3, 0.4) is 0 Å². The molecular weight excluding hydrogens is 202 g/mol. The lowest BCUT2D eigenvalue weighted by molar-refractivity contribution is -0.0639. The normalized spacial score (nSPS) is 26.6. The summed E-state index contributed by atoms with van der Waals surface area (Å²) in [6.07, 6.45) is 5.98. The van der Waals surface area contributed by atoms with Gasteiger partial charge in [0.2, 0.25) is 0 Å². The Morgan fingerprint density at radius 1 is 1.62 bits per heavy atom. The summed E-state index contributed by atoms with van der Waals surface area (Å²) < 4.78 is 5.71. The summed E-state index contributed by atoms with van der Waals surface area (Å²) in [7, 11) is 0. The maximum absolute atomic E-state index is 5.71. The Morgan fingerprint density at radius 2 is 2.44 bits per heavy atom. The van der Waals surface area contributed by atoms with Crippen LogP contribution in [0.25, 0.3) is 0 Å². The molecule has 1 saturated heterocycles. The molecule has 0 aromatic carbocycles. The van der Waals surface area contributed by atoms with Crippen LogP contribution >= 0.6 is 0 Å². The van der Waals surface area contributed by atoms with Gasteiger partial charge in [0.1, 0.15) is 0 Å². The van der Waals surface area contributed by atoms with E-state index in [4.69, 9.17) is 4.74 Å². The molecule has 2 heterocycles. The second-order valence-corrected chi connectivity index (χ2v) is 5.22. The van der Waals surface area contributed by atoms with Crippen LogP contribution in [0.2, 0.25) is 0 Å². The average Bonchev–Trinajstić information content (AvgIpc) is 2.68. The molecule has 2 N–H and O–H groups in total. The summed E-state index contributed by atoms with van der Waals surface area (Å²) in [5.41, 5.74) is 1.22. The highest BCUT2D eigenvalue weighted by Crippen LogP contribution is 2.25. The second-order valence-electron chi connectivity index (χ2n) is 5.22. The monoisotopic (exact) mass is 223 g/mol. The molecule has 0 aliphatic carbocycles. The van der Waals surface area contributed by atoms with E-state index in [0.717, 1.165) is 19.4 Å². The maximum Gasteiger partial charge on any atom is 0.0641 e. The van der Waals surface area contributed by atoms with Crippen molar-refractivity contribution < 1.29 is 4.74 Å². The Labute approximate surface area is 96.8 Å². The Morgan fingerprint density at radius 3 is 3.06 bits per heavy atom. The van der Waals surface area contributed by atoms with Crippen LogP contribution < -0.4 is 5.32 Å². The molecule has 0 bridgehead atoms. The number of nitrogens with zero attached hydrogens (tertiary/aromatic N) is 1. The standard InChI is InChI=1S/C12H21N3O/c1-9(10-7-13-14-8-10)15-11-4-5-16-12(2,3)6-11/h7-9,11,15H,4-6H2,1-3H3,(H,13,14). The molecule has 0 radical (unpaired) electrons. The Kier molecular flexibility index (Phi) is 3.30. The predicted molar refractivity (Wildman–Crippen MR) is 63.2 cm³/mol. The average molecular weight is 223 g/mol. The van der Waals surface area contributed by atoms with Crippen molar-refractivity contribution in [3.8, 4) is 0 Å². The van der Waals surface area contributed by atoms with E-state index < -0.39 is 0 Å². The maximum atomic E-state index is 5.71. The summed E-state index contributed by atoms with van der Waals surface area (Å²) >= 11 is 0. The van der Waals surface area contributed by atoms with Gasteiger partial charge in [0.05, 0.1) is 11.8 Å². The van der Waals surface area contributed by atoms with Crippen LogP contribution in [0.15, 0.2) is 12.4 Å². The number of ether oxygens (including phenoxy) is 1. The van der Waals surface area contributed by atoms with E-state index in [1.165, 1.54) is 5.56 Å². The molecule has 90 valence electrons. The third kappa shape index (κ3) is 2.83. The smallest absolute Gasteiger partial charge is 0.0641 e. The molecular formula is C12H21N3O. The molecule has 0 amide bonds. The number of nitrogens with one attached hydrogen (secondary N) is 2. The number of rotatable bonds is 3. The van der Waals surface area contributed by atoms with Crippen LogP contribution in [0, 0.1) is 0 Å². The Hall–Kier alpha value is -0.870. The Bertz CT molecular complexity index is 321. The fourth-order valence-electron chi connectivity index (χ4n) is 2.32. The minimum atomic E-state index is 0.00598. The van der Waals surface area contributed by atoms with Gasteiger partial charge in [-0.2, -0.15) is 5.10 Å². The predicted octanol–water partition coefficient (Wildman–Crippen LogP) is 2.02. The van der Waals surface area contributed by atoms with Gasteiger partial charge in [-0.1, -0.05) is 0 Å². The first kappa shape index (κ1) is 11.6. The number of aromatic nitrogens is 2. The van der Waals surface area contributed by atoms with Crippen LogP contribution in [0.5, 0.6) is 0 Å². The van der Waals surface area contributed by atoms with Gasteiger partial charge in [-0.3, -0.25) is 5.10 Å². The van der Waals surface area contributed by atoms with E-state index in [9.17, 15) is 0 Å². The molecule has 0 spiro atoms. The minimum Gasteiger partial charge on any atom is -0.375 e. The lowest BCUT2D eigenvalue weighted by Gasteiger charge is -2.37. The van der Waals surface area contributed by atoms with E-state index >= 15 is 0 Å². The van der Waals surface area contributed by atoms with Crippen molar-refractivity contribution in [1.29, 1.82) is 0 Å². The van der Waals surface area contributed by atoms with E-state index in [1.807, 2.05) is 12.4 Å². The van der Waals surface area contributed by atoms with Gasteiger partial charge in [-0.25, -0.2) is 0 Å². The molecule has 0 saturated carbocycles. The largest absolute Gasteiger partial charge is 0.375 e. The van der Waals surface area contributed by atoms with Gasteiger partial charge < -0.3 is 10.1 Å². The van der Waals surface area contributed by atoms with Crippen molar-refractivity contribution in [3.05, 3.63) is 18.0 Å². The van der Waals surface area contributed by atoms with Crippen LogP contribution in [0.4, 0.5) is 0 Å². The fourth-order valence-corrected chi connectivity index (χ4v) is 2.32. The Balaban J connectivity index is 1.90. The van der Waals surface area contributed by atoms with Crippen molar-refractivity contribution in [2.75, 3.05) is 6.61 Å². The lowest BCUT2D eigenvalue weighted by Crippen LogP contribution is -2.44. The highest BCUT2D eigenvalue weighted by atomic mass is 16.5. The molecule has 2 atom stereocenters. The first-order valence-electron chi connectivity index (χ1n) is 5.95. The first-order chi connectivity index (χ1) is 7.57. The van der Waals surface area contributed by atoms with E-state index in [0.29, 0.717) is 12.1 Å². The molecule has 1 aliphatic rings. The van der Waals surface area contributed by atoms with E-state index in [1.54, 1.807) is 0 Å². The minimum absolute atomic E-state index is 0.00598. The van der Waals surface area contributed by atoms with Crippen LogP contribution in [0.1, 0.15) is 45.2 Å². The van der Waals surface area contributed by atoms with Gasteiger partial charge in [-0.15, -0.1) is 0 Å². The van der Waals surface area contributed by atoms with Gasteiger partial charge in [0.25, 0.3) is 0 Å². The summed E-state index contributed by atoms with van der Waals surface area (Å²) in [4.78, 5) is 0. The van der Waals surface area contributed by atoms with Crippen molar-refractivity contribution in [2.24, 2.45) is 0 Å². The first-order valence-corrected chi connectivity index (χ1v) is 5.95. The highest BCUT2D eigenvalue weighted by molar-refractivity contribution is 5.08. The molecule has 4 nitrogen and oxygen atoms in total. The fraction of sp³-hybridized carbons (Fsp3) is 0.750. The molecule has 1 aromatic heterocycles. The summed E-state index contributed by atoms with van der Waals surface area (Å²) in [6, 6.07) is 0.881. The molecule has 4 heteroatoms. The number of hydrogen-bond acceptors (Lipinski definition) is 3. The van der Waals surface area contributed by atoms with Crippen molar-refractivity contribution in [2.45, 2.75) is 51.3 Å². The zero-order chi connectivity index (χ0) is 11.6. The summed E-state index contributed by atoms with van der Waals surface area (Å²) in [5.74, 6) is 0. The molecule has 2 rings (SSSR count). The summed E-state index contributed by atoms with van der Waals surface area (Å²) in [6.45, 7) is 7.34. The third-order valence-corrected chi connectivity index (χ3v) is 3.20. The SMILES string of the molecule is CC(NC1CCOC(C)(C)C1)c1cn[nH]c1. The van der Waals surface area contributed by atoms with E-state index in [2.05, 4.69) is 36.3 Å². The van der Waals surface area contributed by atoms with Crippen molar-refractivity contribution in [1.82, 2.24) is 15.5 Å². The zero-order valence-electron chi connectivity index (χ0n) is 10.3. The number of hydrogen-bond donors (Lipinski definition) is 2. The van der Waals surface area contributed by atoms with Crippen LogP contribution in [-0.2, 0) is 4.74 Å². The number of aromatic amines is 1. The lowest BCUT2D eigenvalue weighted by atomic mass is 9.93. The molecule has 1 fully saturated rings. The van der Waals surface area contributed by atoms with Gasteiger partial charge >= 0.3 is 0 Å². The van der Waals surface area contributed by atoms with Crippen molar-refractivity contribution in [3.63, 3.8) is 0 Å². The zero-order valence-corrected chi connectivity index (χ0v) is 10.3.